The summed E-state index contributed by atoms with van der Waals surface area (Å²) in [6, 6.07) is 4.93. The van der Waals surface area contributed by atoms with Gasteiger partial charge in [0, 0.05) is 14.9 Å². The van der Waals surface area contributed by atoms with Crippen molar-refractivity contribution in [3.05, 3.63) is 39.1 Å². The lowest BCUT2D eigenvalue weighted by Gasteiger charge is -1.99. The van der Waals surface area contributed by atoms with E-state index in [4.69, 9.17) is 0 Å². The van der Waals surface area contributed by atoms with E-state index in [1.807, 2.05) is 14.0 Å². The molecule has 0 radical (unpaired) electrons. The lowest BCUT2D eigenvalue weighted by molar-refractivity contribution is 0.631. The number of hydrogen-bond acceptors (Lipinski definition) is 3. The van der Waals surface area contributed by atoms with Crippen LogP contribution in [0.3, 0.4) is 0 Å². The molecule has 0 aliphatic rings. The molecular formula is C13H14BrFN2S. The normalized spacial score (nSPS) is 10.9. The van der Waals surface area contributed by atoms with Crippen LogP contribution in [0.4, 0.5) is 4.39 Å². The van der Waals surface area contributed by atoms with Gasteiger partial charge in [-0.2, -0.15) is 0 Å². The third-order valence-corrected chi connectivity index (χ3v) is 4.40. The number of nitrogens with zero attached hydrogens (tertiary/aromatic N) is 1. The van der Waals surface area contributed by atoms with Gasteiger partial charge in [-0.25, -0.2) is 9.37 Å². The molecule has 1 N–H and O–H groups in total. The van der Waals surface area contributed by atoms with Crippen LogP contribution in [0.15, 0.2) is 22.7 Å². The number of likely N-dealkylation sites (N-methyl/N-ethyl adjacent to an activating group) is 1. The van der Waals surface area contributed by atoms with Crippen LogP contribution in [-0.4, -0.2) is 18.6 Å². The molecule has 0 aliphatic carbocycles. The fourth-order valence-corrected chi connectivity index (χ4v) is 3.12. The second-order valence-corrected chi connectivity index (χ2v) is 6.00. The van der Waals surface area contributed by atoms with Gasteiger partial charge in [0.15, 0.2) is 0 Å². The maximum atomic E-state index is 13.8. The Kier molecular flexibility index (Phi) is 4.48. The molecule has 0 bridgehead atoms. The molecule has 0 spiro atoms. The molecule has 0 amide bonds. The van der Waals surface area contributed by atoms with Gasteiger partial charge in [-0.3, -0.25) is 0 Å². The Balaban J connectivity index is 2.36. The first-order valence-corrected chi connectivity index (χ1v) is 7.29. The molecule has 1 aromatic heterocycles. The van der Waals surface area contributed by atoms with Crippen molar-refractivity contribution in [3.8, 4) is 10.6 Å². The highest BCUT2D eigenvalue weighted by Crippen LogP contribution is 2.31. The summed E-state index contributed by atoms with van der Waals surface area (Å²) in [5.74, 6) is -0.230. The van der Waals surface area contributed by atoms with E-state index in [-0.39, 0.29) is 5.82 Å². The van der Waals surface area contributed by atoms with E-state index in [0.29, 0.717) is 5.56 Å². The van der Waals surface area contributed by atoms with E-state index in [0.717, 1.165) is 28.1 Å². The summed E-state index contributed by atoms with van der Waals surface area (Å²) in [7, 11) is 1.92. The second-order valence-electron chi connectivity index (χ2n) is 4.01. The highest BCUT2D eigenvalue weighted by atomic mass is 79.9. The minimum Gasteiger partial charge on any atom is -0.319 e. The fourth-order valence-electron chi connectivity index (χ4n) is 1.68. The molecule has 0 saturated heterocycles. The minimum atomic E-state index is -0.230. The number of rotatable bonds is 4. The van der Waals surface area contributed by atoms with Crippen LogP contribution in [0.1, 0.15) is 10.6 Å². The third kappa shape index (κ3) is 2.96. The summed E-state index contributed by atoms with van der Waals surface area (Å²) in [4.78, 5) is 5.67. The lowest BCUT2D eigenvalue weighted by Crippen LogP contribution is -2.09. The zero-order chi connectivity index (χ0) is 13.1. The summed E-state index contributed by atoms with van der Waals surface area (Å²) >= 11 is 4.92. The summed E-state index contributed by atoms with van der Waals surface area (Å²) in [5.41, 5.74) is 1.55. The number of aryl methyl sites for hydroxylation is 1. The van der Waals surface area contributed by atoms with E-state index in [1.165, 1.54) is 10.9 Å². The first kappa shape index (κ1) is 13.6. The summed E-state index contributed by atoms with van der Waals surface area (Å²) < 4.78 is 14.6. The maximum Gasteiger partial charge on any atom is 0.133 e. The molecule has 2 rings (SSSR count). The molecule has 0 aliphatic heterocycles. The Morgan fingerprint density at radius 3 is 2.94 bits per heavy atom. The average molecular weight is 329 g/mol. The van der Waals surface area contributed by atoms with Crippen LogP contribution in [0, 0.1) is 12.7 Å². The zero-order valence-corrected chi connectivity index (χ0v) is 12.7. The van der Waals surface area contributed by atoms with Crippen LogP contribution < -0.4 is 5.32 Å². The van der Waals surface area contributed by atoms with Crippen LogP contribution in [0.2, 0.25) is 0 Å². The van der Waals surface area contributed by atoms with Gasteiger partial charge in [0.05, 0.1) is 5.69 Å². The largest absolute Gasteiger partial charge is 0.319 e. The molecule has 2 nitrogen and oxygen atoms in total. The Hall–Kier alpha value is -0.780. The topological polar surface area (TPSA) is 24.9 Å². The quantitative estimate of drug-likeness (QED) is 0.923. The van der Waals surface area contributed by atoms with Crippen molar-refractivity contribution in [2.24, 2.45) is 0 Å². The summed E-state index contributed by atoms with van der Waals surface area (Å²) in [6.45, 7) is 2.88. The minimum absolute atomic E-state index is 0.230. The number of thiazole rings is 1. The van der Waals surface area contributed by atoms with Crippen molar-refractivity contribution in [1.29, 1.82) is 0 Å². The molecule has 1 heterocycles. The molecule has 96 valence electrons. The van der Waals surface area contributed by atoms with Crippen molar-refractivity contribution >= 4 is 27.3 Å². The summed E-state index contributed by atoms with van der Waals surface area (Å²) in [5, 5.41) is 3.86. The van der Waals surface area contributed by atoms with Crippen LogP contribution in [0.5, 0.6) is 0 Å². The number of aromatic nitrogens is 1. The van der Waals surface area contributed by atoms with Gasteiger partial charge in [0.2, 0.25) is 0 Å². The standard InChI is InChI=1S/C13H14BrFN2S/c1-8-12(5-6-16-2)18-13(17-8)10-7-9(14)3-4-11(10)15/h3-4,7,16H,5-6H2,1-2H3. The monoisotopic (exact) mass is 328 g/mol. The number of hydrogen-bond donors (Lipinski definition) is 1. The molecule has 0 atom stereocenters. The average Bonchev–Trinajstić information content (AvgIpc) is 2.71. The molecule has 2 aromatic rings. The molecular weight excluding hydrogens is 315 g/mol. The maximum absolute atomic E-state index is 13.8. The Bertz CT molecular complexity index is 554. The summed E-state index contributed by atoms with van der Waals surface area (Å²) in [6.07, 6.45) is 0.926. The first-order chi connectivity index (χ1) is 8.61. The Labute approximate surface area is 118 Å². The van der Waals surface area contributed by atoms with Gasteiger partial charge in [-0.05, 0) is 45.1 Å². The van der Waals surface area contributed by atoms with E-state index in [1.54, 1.807) is 23.5 Å². The Morgan fingerprint density at radius 2 is 2.22 bits per heavy atom. The van der Waals surface area contributed by atoms with Gasteiger partial charge in [-0.15, -0.1) is 11.3 Å². The van der Waals surface area contributed by atoms with E-state index in [2.05, 4.69) is 26.2 Å². The van der Waals surface area contributed by atoms with E-state index >= 15 is 0 Å². The van der Waals surface area contributed by atoms with Crippen LogP contribution in [-0.2, 0) is 6.42 Å². The van der Waals surface area contributed by atoms with Gasteiger partial charge >= 0.3 is 0 Å². The number of halogens is 2. The van der Waals surface area contributed by atoms with Crippen LogP contribution >= 0.6 is 27.3 Å². The van der Waals surface area contributed by atoms with Crippen LogP contribution in [0.25, 0.3) is 10.6 Å². The predicted molar refractivity (Wildman–Crippen MR) is 77.6 cm³/mol. The van der Waals surface area contributed by atoms with Crippen molar-refractivity contribution in [1.82, 2.24) is 10.3 Å². The third-order valence-electron chi connectivity index (χ3n) is 2.65. The first-order valence-electron chi connectivity index (χ1n) is 5.68. The van der Waals surface area contributed by atoms with Gasteiger partial charge in [0.1, 0.15) is 10.8 Å². The number of nitrogens with one attached hydrogen (secondary N) is 1. The smallest absolute Gasteiger partial charge is 0.133 e. The van der Waals surface area contributed by atoms with Gasteiger partial charge in [-0.1, -0.05) is 15.9 Å². The van der Waals surface area contributed by atoms with Crippen molar-refractivity contribution < 1.29 is 4.39 Å². The van der Waals surface area contributed by atoms with E-state index < -0.39 is 0 Å². The molecule has 5 heteroatoms. The van der Waals surface area contributed by atoms with Gasteiger partial charge < -0.3 is 5.32 Å². The van der Waals surface area contributed by atoms with Crippen molar-refractivity contribution in [2.75, 3.05) is 13.6 Å². The molecule has 0 fully saturated rings. The number of benzene rings is 1. The van der Waals surface area contributed by atoms with Crippen molar-refractivity contribution in [3.63, 3.8) is 0 Å². The molecule has 1 aromatic carbocycles. The highest BCUT2D eigenvalue weighted by Gasteiger charge is 2.13. The Morgan fingerprint density at radius 1 is 1.44 bits per heavy atom. The fraction of sp³-hybridized carbons (Fsp3) is 0.308. The predicted octanol–water partition coefficient (Wildman–Crippen LogP) is 3.78. The van der Waals surface area contributed by atoms with Crippen molar-refractivity contribution in [2.45, 2.75) is 13.3 Å². The zero-order valence-electron chi connectivity index (χ0n) is 10.3. The lowest BCUT2D eigenvalue weighted by atomic mass is 10.2. The van der Waals surface area contributed by atoms with Gasteiger partial charge in [0.25, 0.3) is 0 Å². The molecule has 0 unspecified atom stereocenters. The molecule has 0 saturated carbocycles. The van der Waals surface area contributed by atoms with E-state index in [9.17, 15) is 4.39 Å². The molecule has 18 heavy (non-hydrogen) atoms. The highest BCUT2D eigenvalue weighted by molar-refractivity contribution is 9.10. The SMILES string of the molecule is CNCCc1sc(-c2cc(Br)ccc2F)nc1C. The second kappa shape index (κ2) is 5.91.